The molecule has 0 bridgehead atoms. The van der Waals surface area contributed by atoms with E-state index >= 15 is 0 Å². The molecule has 6 heteroatoms. The highest BCUT2D eigenvalue weighted by molar-refractivity contribution is 5.81. The fourth-order valence-corrected chi connectivity index (χ4v) is 4.17. The van der Waals surface area contributed by atoms with Crippen LogP contribution < -0.4 is 20.6 Å². The van der Waals surface area contributed by atoms with E-state index < -0.39 is 5.63 Å². The number of hydrogen-bond acceptors (Lipinski definition) is 4. The number of rotatable bonds is 7. The molecule has 0 spiro atoms. The lowest BCUT2D eigenvalue weighted by Gasteiger charge is -2.25. The Bertz CT molecular complexity index is 1070. The summed E-state index contributed by atoms with van der Waals surface area (Å²) in [5, 5.41) is 3.88. The first-order chi connectivity index (χ1) is 14.6. The third-order valence-corrected chi connectivity index (χ3v) is 5.74. The molecule has 0 radical (unpaired) electrons. The van der Waals surface area contributed by atoms with E-state index in [0.717, 1.165) is 24.0 Å². The Hall–Kier alpha value is -3.12. The zero-order chi connectivity index (χ0) is 20.9. The molecule has 2 heterocycles. The summed E-state index contributed by atoms with van der Waals surface area (Å²) in [6.07, 6.45) is 2.46. The number of hydrogen-bond donors (Lipinski definition) is 2. The van der Waals surface area contributed by atoms with Gasteiger partial charge >= 0.3 is 5.63 Å². The number of aryl methyl sites for hydroxylation is 1. The van der Waals surface area contributed by atoms with Gasteiger partial charge in [0.05, 0.1) is 19.6 Å². The second-order valence-electron chi connectivity index (χ2n) is 7.83. The molecule has 0 unspecified atom stereocenters. The Kier molecular flexibility index (Phi) is 6.14. The van der Waals surface area contributed by atoms with Gasteiger partial charge in [0.2, 0.25) is 0 Å². The molecule has 1 aliphatic rings. The van der Waals surface area contributed by atoms with Crippen molar-refractivity contribution in [1.82, 2.24) is 5.32 Å². The minimum atomic E-state index is -0.397. The van der Waals surface area contributed by atoms with Gasteiger partial charge < -0.3 is 19.4 Å². The van der Waals surface area contributed by atoms with Gasteiger partial charge in [-0.25, -0.2) is 4.79 Å². The van der Waals surface area contributed by atoms with Gasteiger partial charge in [-0.05, 0) is 24.6 Å². The number of likely N-dealkylation sites (tertiary alicyclic amines) is 1. The SMILES string of the molecule is Cc1cc(=O)oc2cc(OCC(=O)NC[C@@H](c3ccccc3)[NH+]3CCCC3)ccc12. The average molecular weight is 407 g/mol. The first-order valence-corrected chi connectivity index (χ1v) is 10.4. The fraction of sp³-hybridized carbons (Fsp3) is 0.333. The lowest BCUT2D eigenvalue weighted by Crippen LogP contribution is -3.11. The van der Waals surface area contributed by atoms with Crippen LogP contribution in [-0.2, 0) is 4.79 Å². The van der Waals surface area contributed by atoms with Crippen molar-refractivity contribution in [3.05, 3.63) is 76.1 Å². The number of quaternary nitrogens is 1. The van der Waals surface area contributed by atoms with Crippen LogP contribution in [-0.4, -0.2) is 32.1 Å². The van der Waals surface area contributed by atoms with E-state index in [-0.39, 0.29) is 18.6 Å². The number of carbonyl (C=O) groups excluding carboxylic acids is 1. The monoisotopic (exact) mass is 407 g/mol. The largest absolute Gasteiger partial charge is 0.484 e. The fourth-order valence-electron chi connectivity index (χ4n) is 4.17. The minimum absolute atomic E-state index is 0.0849. The van der Waals surface area contributed by atoms with E-state index in [1.807, 2.05) is 31.2 Å². The zero-order valence-corrected chi connectivity index (χ0v) is 17.1. The number of ether oxygens (including phenoxy) is 1. The first-order valence-electron chi connectivity index (χ1n) is 10.4. The molecule has 2 aromatic carbocycles. The molecule has 0 aliphatic carbocycles. The molecule has 1 saturated heterocycles. The van der Waals surface area contributed by atoms with E-state index in [1.54, 1.807) is 12.1 Å². The van der Waals surface area contributed by atoms with E-state index in [2.05, 4.69) is 17.4 Å². The molecule has 1 fully saturated rings. The van der Waals surface area contributed by atoms with Crippen LogP contribution in [0.25, 0.3) is 11.0 Å². The van der Waals surface area contributed by atoms with Crippen LogP contribution in [0.3, 0.4) is 0 Å². The number of carbonyl (C=O) groups is 1. The summed E-state index contributed by atoms with van der Waals surface area (Å²) in [6.45, 7) is 4.62. The van der Waals surface area contributed by atoms with Crippen molar-refractivity contribution < 1.29 is 18.8 Å². The van der Waals surface area contributed by atoms with Crippen molar-refractivity contribution in [2.75, 3.05) is 26.2 Å². The summed E-state index contributed by atoms with van der Waals surface area (Å²) in [5.74, 6) is 0.330. The van der Waals surface area contributed by atoms with Crippen molar-refractivity contribution in [3.63, 3.8) is 0 Å². The molecule has 1 amide bonds. The van der Waals surface area contributed by atoms with E-state index in [0.29, 0.717) is 17.9 Å². The predicted molar refractivity (Wildman–Crippen MR) is 115 cm³/mol. The molecule has 156 valence electrons. The van der Waals surface area contributed by atoms with Gasteiger partial charge in [-0.2, -0.15) is 0 Å². The van der Waals surface area contributed by atoms with Gasteiger partial charge in [0, 0.05) is 35.9 Å². The van der Waals surface area contributed by atoms with Crippen LogP contribution in [0.2, 0.25) is 0 Å². The normalized spacial score (nSPS) is 15.2. The van der Waals surface area contributed by atoms with Crippen LogP contribution in [0.15, 0.2) is 63.8 Å². The summed E-state index contributed by atoms with van der Waals surface area (Å²) in [6, 6.07) is 17.3. The molecule has 3 aromatic rings. The van der Waals surface area contributed by atoms with Gasteiger partial charge in [-0.1, -0.05) is 30.3 Å². The third-order valence-electron chi connectivity index (χ3n) is 5.74. The second-order valence-corrected chi connectivity index (χ2v) is 7.83. The zero-order valence-electron chi connectivity index (χ0n) is 17.1. The summed E-state index contributed by atoms with van der Waals surface area (Å²) in [7, 11) is 0. The molecule has 2 N–H and O–H groups in total. The highest BCUT2D eigenvalue weighted by Gasteiger charge is 2.27. The van der Waals surface area contributed by atoms with Gasteiger partial charge in [0.1, 0.15) is 17.4 Å². The molecular weight excluding hydrogens is 380 g/mol. The van der Waals surface area contributed by atoms with E-state index in [9.17, 15) is 9.59 Å². The van der Waals surface area contributed by atoms with E-state index in [4.69, 9.17) is 9.15 Å². The van der Waals surface area contributed by atoms with Crippen molar-refractivity contribution in [1.29, 1.82) is 0 Å². The first kappa shape index (κ1) is 20.2. The quantitative estimate of drug-likeness (QED) is 0.588. The third kappa shape index (κ3) is 4.71. The van der Waals surface area contributed by atoms with Gasteiger partial charge in [-0.3, -0.25) is 4.79 Å². The van der Waals surface area contributed by atoms with E-state index in [1.165, 1.54) is 29.4 Å². The topological polar surface area (TPSA) is 73.0 Å². The van der Waals surface area contributed by atoms with Crippen LogP contribution in [0.4, 0.5) is 0 Å². The highest BCUT2D eigenvalue weighted by Crippen LogP contribution is 2.22. The molecule has 1 aliphatic heterocycles. The van der Waals surface area contributed by atoms with Crippen molar-refractivity contribution >= 4 is 16.9 Å². The molecule has 1 aromatic heterocycles. The van der Waals surface area contributed by atoms with Crippen LogP contribution in [0.1, 0.15) is 30.0 Å². The Labute approximate surface area is 175 Å². The molecule has 0 saturated carbocycles. The Morgan fingerprint density at radius 2 is 1.90 bits per heavy atom. The minimum Gasteiger partial charge on any atom is -0.484 e. The molecule has 4 rings (SSSR count). The Morgan fingerprint density at radius 1 is 1.13 bits per heavy atom. The van der Waals surface area contributed by atoms with Gasteiger partial charge in [0.15, 0.2) is 6.61 Å². The lowest BCUT2D eigenvalue weighted by molar-refractivity contribution is -0.918. The molecule has 1 atom stereocenters. The smallest absolute Gasteiger partial charge is 0.336 e. The maximum absolute atomic E-state index is 12.4. The Balaban J connectivity index is 1.37. The van der Waals surface area contributed by atoms with Crippen molar-refractivity contribution in [2.24, 2.45) is 0 Å². The van der Waals surface area contributed by atoms with Gasteiger partial charge in [-0.15, -0.1) is 0 Å². The molecule has 6 nitrogen and oxygen atoms in total. The van der Waals surface area contributed by atoms with Crippen LogP contribution >= 0.6 is 0 Å². The lowest BCUT2D eigenvalue weighted by atomic mass is 10.1. The van der Waals surface area contributed by atoms with Crippen LogP contribution in [0.5, 0.6) is 5.75 Å². The van der Waals surface area contributed by atoms with Crippen molar-refractivity contribution in [2.45, 2.75) is 25.8 Å². The number of benzene rings is 2. The number of fused-ring (bicyclic) bond motifs is 1. The van der Waals surface area contributed by atoms with Gasteiger partial charge in [0.25, 0.3) is 5.91 Å². The summed E-state index contributed by atoms with van der Waals surface area (Å²) in [5.41, 5.74) is 2.16. The number of amides is 1. The summed E-state index contributed by atoms with van der Waals surface area (Å²) < 4.78 is 10.9. The summed E-state index contributed by atoms with van der Waals surface area (Å²) in [4.78, 5) is 25.5. The maximum atomic E-state index is 12.4. The molecule has 30 heavy (non-hydrogen) atoms. The highest BCUT2D eigenvalue weighted by atomic mass is 16.5. The molecular formula is C24H27N2O4+. The second kappa shape index (κ2) is 9.13. The Morgan fingerprint density at radius 3 is 2.67 bits per heavy atom. The number of nitrogens with one attached hydrogen (secondary N) is 2. The van der Waals surface area contributed by atoms with Crippen molar-refractivity contribution in [3.8, 4) is 5.75 Å². The predicted octanol–water partition coefficient (Wildman–Crippen LogP) is 2.02. The standard InChI is InChI=1S/C24H26N2O4/c1-17-13-24(28)30-22-14-19(9-10-20(17)22)29-16-23(27)25-15-21(26-11-5-6-12-26)18-7-3-2-4-8-18/h2-4,7-10,13-14,21H,5-6,11-12,15-16H2,1H3,(H,25,27)/p+1/t21-/m0/s1. The van der Waals surface area contributed by atoms with Crippen LogP contribution in [0, 0.1) is 6.92 Å². The average Bonchev–Trinajstić information content (AvgIpc) is 3.27. The maximum Gasteiger partial charge on any atom is 0.336 e. The summed E-state index contributed by atoms with van der Waals surface area (Å²) >= 11 is 0.